The summed E-state index contributed by atoms with van der Waals surface area (Å²) in [6, 6.07) is 0.479. The van der Waals surface area contributed by atoms with Gasteiger partial charge in [0, 0.05) is 24.9 Å². The molecule has 24 heavy (non-hydrogen) atoms. The molecule has 1 aromatic rings. The maximum absolute atomic E-state index is 6.42. The Bertz CT molecular complexity index is 628. The van der Waals surface area contributed by atoms with Crippen LogP contribution in [0.5, 0.6) is 0 Å². The van der Waals surface area contributed by atoms with Crippen LogP contribution < -0.4 is 5.32 Å². The summed E-state index contributed by atoms with van der Waals surface area (Å²) in [6.45, 7) is 2.17. The van der Waals surface area contributed by atoms with Crippen LogP contribution in [0.4, 0.5) is 5.95 Å². The van der Waals surface area contributed by atoms with Crippen LogP contribution in [0.15, 0.2) is 16.8 Å². The lowest BCUT2D eigenvalue weighted by molar-refractivity contribution is 0.461. The lowest BCUT2D eigenvalue weighted by atomic mass is 9.96. The fourth-order valence-electron chi connectivity index (χ4n) is 3.42. The molecule has 1 N–H and O–H groups in total. The molecule has 0 spiro atoms. The van der Waals surface area contributed by atoms with Gasteiger partial charge in [-0.05, 0) is 44.9 Å². The van der Waals surface area contributed by atoms with Crippen LogP contribution in [0.1, 0.15) is 64.0 Å². The molecule has 130 valence electrons. The van der Waals surface area contributed by atoms with Crippen molar-refractivity contribution >= 4 is 29.3 Å². The van der Waals surface area contributed by atoms with E-state index in [1.54, 1.807) is 13.2 Å². The summed E-state index contributed by atoms with van der Waals surface area (Å²) in [4.78, 5) is 13.3. The van der Waals surface area contributed by atoms with Gasteiger partial charge in [0.2, 0.25) is 5.95 Å². The zero-order valence-electron chi connectivity index (χ0n) is 14.7. The van der Waals surface area contributed by atoms with Crippen LogP contribution in [0.2, 0.25) is 5.02 Å². The van der Waals surface area contributed by atoms with Gasteiger partial charge >= 0.3 is 0 Å². The van der Waals surface area contributed by atoms with E-state index in [-0.39, 0.29) is 0 Å². The largest absolute Gasteiger partial charge is 0.351 e. The molecule has 0 bridgehead atoms. The first-order chi connectivity index (χ1) is 11.7. The highest BCUT2D eigenvalue weighted by atomic mass is 35.5. The van der Waals surface area contributed by atoms with Crippen molar-refractivity contribution in [2.45, 2.75) is 64.3 Å². The summed E-state index contributed by atoms with van der Waals surface area (Å²) in [5, 5.41) is 4.08. The number of rotatable bonds is 6. The number of hydrogen-bond donors (Lipinski definition) is 1. The lowest BCUT2D eigenvalue weighted by Crippen LogP contribution is -2.23. The summed E-state index contributed by atoms with van der Waals surface area (Å²) in [6.07, 6.45) is 13.7. The van der Waals surface area contributed by atoms with Gasteiger partial charge in [-0.1, -0.05) is 36.4 Å². The maximum atomic E-state index is 6.42. The van der Waals surface area contributed by atoms with E-state index in [0.717, 1.165) is 23.6 Å². The van der Waals surface area contributed by atoms with Gasteiger partial charge in [0.1, 0.15) is 0 Å². The Labute approximate surface area is 149 Å². The molecule has 0 amide bonds. The van der Waals surface area contributed by atoms with Gasteiger partial charge in [-0.3, -0.25) is 4.99 Å². The fourth-order valence-corrected chi connectivity index (χ4v) is 3.62. The van der Waals surface area contributed by atoms with Gasteiger partial charge in [0.05, 0.1) is 16.9 Å². The van der Waals surface area contributed by atoms with Crippen molar-refractivity contribution in [3.05, 3.63) is 22.5 Å². The van der Waals surface area contributed by atoms with Crippen molar-refractivity contribution in [1.29, 1.82) is 0 Å². The summed E-state index contributed by atoms with van der Waals surface area (Å²) in [7, 11) is 1.79. The number of halogens is 1. The molecule has 0 aliphatic heterocycles. The number of nitrogens with zero attached hydrogens (tertiary/aromatic N) is 3. The Morgan fingerprint density at radius 1 is 1.29 bits per heavy atom. The second-order valence-electron chi connectivity index (χ2n) is 7.10. The second kappa shape index (κ2) is 8.11. The van der Waals surface area contributed by atoms with Gasteiger partial charge in [-0.25, -0.2) is 9.97 Å². The first-order valence-corrected chi connectivity index (χ1v) is 9.46. The number of aliphatic imine (C=N–C) groups is 1. The highest BCUT2D eigenvalue weighted by Crippen LogP contribution is 2.37. The van der Waals surface area contributed by atoms with Gasteiger partial charge in [-0.15, -0.1) is 0 Å². The molecule has 0 saturated heterocycles. The molecule has 2 aliphatic carbocycles. The molecule has 0 radical (unpaired) electrons. The molecular formula is C19H27ClN4. The minimum atomic E-state index is 0.479. The third-order valence-corrected chi connectivity index (χ3v) is 5.22. The van der Waals surface area contributed by atoms with Crippen LogP contribution in [0.25, 0.3) is 5.57 Å². The Balaban J connectivity index is 1.85. The predicted molar refractivity (Wildman–Crippen MR) is 102 cm³/mol. The summed E-state index contributed by atoms with van der Waals surface area (Å²) < 4.78 is 0. The SMILES string of the molecule is C/N=C\C(=C(/C)CC1CC1)c1nc(NC2CCCCC2)ncc1Cl. The van der Waals surface area contributed by atoms with Crippen molar-refractivity contribution in [3.8, 4) is 0 Å². The molecule has 2 aliphatic rings. The van der Waals surface area contributed by atoms with Crippen molar-refractivity contribution in [1.82, 2.24) is 9.97 Å². The topological polar surface area (TPSA) is 50.2 Å². The first kappa shape index (κ1) is 17.4. The molecule has 0 unspecified atom stereocenters. The average Bonchev–Trinajstić information content (AvgIpc) is 3.39. The molecule has 0 atom stereocenters. The molecule has 3 rings (SSSR count). The van der Waals surface area contributed by atoms with E-state index in [9.17, 15) is 0 Å². The van der Waals surface area contributed by atoms with Gasteiger partial charge < -0.3 is 5.32 Å². The zero-order valence-corrected chi connectivity index (χ0v) is 15.4. The second-order valence-corrected chi connectivity index (χ2v) is 7.51. The van der Waals surface area contributed by atoms with Crippen LogP contribution in [0, 0.1) is 5.92 Å². The third-order valence-electron chi connectivity index (χ3n) is 4.95. The first-order valence-electron chi connectivity index (χ1n) is 9.08. The maximum Gasteiger partial charge on any atom is 0.223 e. The van der Waals surface area contributed by atoms with Gasteiger partial charge in [0.15, 0.2) is 0 Å². The molecule has 4 nitrogen and oxygen atoms in total. The molecule has 1 aromatic heterocycles. The molecule has 2 saturated carbocycles. The number of aromatic nitrogens is 2. The minimum Gasteiger partial charge on any atom is -0.351 e. The predicted octanol–water partition coefficient (Wildman–Crippen LogP) is 5.15. The summed E-state index contributed by atoms with van der Waals surface area (Å²) >= 11 is 6.42. The standard InChI is InChI=1S/C19H27ClN4/c1-13(10-14-8-9-14)16(11-21-2)18-17(20)12-22-19(24-18)23-15-6-4-3-5-7-15/h11-12,14-15H,3-10H2,1-2H3,(H,22,23,24)/b16-13-,21-11-. The number of allylic oxidation sites excluding steroid dienone is 2. The third kappa shape index (κ3) is 4.56. The average molecular weight is 347 g/mol. The van der Waals surface area contributed by atoms with E-state index in [1.165, 1.54) is 50.5 Å². The minimum absolute atomic E-state index is 0.479. The quantitative estimate of drug-likeness (QED) is 0.725. The van der Waals surface area contributed by atoms with Gasteiger partial charge in [0.25, 0.3) is 0 Å². The smallest absolute Gasteiger partial charge is 0.223 e. The molecular weight excluding hydrogens is 320 g/mol. The van der Waals surface area contributed by atoms with Crippen molar-refractivity contribution in [2.24, 2.45) is 10.9 Å². The van der Waals surface area contributed by atoms with Crippen LogP contribution in [-0.2, 0) is 0 Å². The Kier molecular flexibility index (Phi) is 5.88. The van der Waals surface area contributed by atoms with E-state index >= 15 is 0 Å². The van der Waals surface area contributed by atoms with E-state index in [2.05, 4.69) is 22.2 Å². The fraction of sp³-hybridized carbons (Fsp3) is 0.632. The highest BCUT2D eigenvalue weighted by molar-refractivity contribution is 6.33. The molecule has 2 fully saturated rings. The normalized spacial score (nSPS) is 20.3. The number of anilines is 1. The van der Waals surface area contributed by atoms with E-state index in [1.807, 2.05) is 6.21 Å². The van der Waals surface area contributed by atoms with E-state index in [4.69, 9.17) is 16.6 Å². The highest BCUT2D eigenvalue weighted by Gasteiger charge is 2.23. The molecule has 1 heterocycles. The number of nitrogens with one attached hydrogen (secondary N) is 1. The Morgan fingerprint density at radius 3 is 2.71 bits per heavy atom. The Morgan fingerprint density at radius 2 is 2.04 bits per heavy atom. The lowest BCUT2D eigenvalue weighted by Gasteiger charge is -2.23. The summed E-state index contributed by atoms with van der Waals surface area (Å²) in [5.74, 6) is 1.51. The van der Waals surface area contributed by atoms with Crippen molar-refractivity contribution in [3.63, 3.8) is 0 Å². The number of hydrogen-bond acceptors (Lipinski definition) is 4. The zero-order chi connectivity index (χ0) is 16.9. The van der Waals surface area contributed by atoms with E-state index in [0.29, 0.717) is 17.0 Å². The Hall–Kier alpha value is -1.42. The molecule has 0 aromatic carbocycles. The van der Waals surface area contributed by atoms with Crippen LogP contribution >= 0.6 is 11.6 Å². The summed E-state index contributed by atoms with van der Waals surface area (Å²) in [5.41, 5.74) is 3.16. The molecule has 5 heteroatoms. The van der Waals surface area contributed by atoms with Crippen LogP contribution in [0.3, 0.4) is 0 Å². The van der Waals surface area contributed by atoms with Crippen LogP contribution in [-0.4, -0.2) is 29.3 Å². The van der Waals surface area contributed by atoms with Crippen molar-refractivity contribution < 1.29 is 0 Å². The van der Waals surface area contributed by atoms with Crippen molar-refractivity contribution in [2.75, 3.05) is 12.4 Å². The van der Waals surface area contributed by atoms with E-state index < -0.39 is 0 Å². The van der Waals surface area contributed by atoms with Gasteiger partial charge in [-0.2, -0.15) is 0 Å². The monoisotopic (exact) mass is 346 g/mol.